The van der Waals surface area contributed by atoms with Crippen molar-refractivity contribution in [2.45, 2.75) is 44.8 Å². The van der Waals surface area contributed by atoms with E-state index in [0.29, 0.717) is 11.5 Å². The second-order valence-corrected chi connectivity index (χ2v) is 8.47. The predicted molar refractivity (Wildman–Crippen MR) is 130 cm³/mol. The van der Waals surface area contributed by atoms with E-state index in [-0.39, 0.29) is 44.2 Å². The third-order valence-electron chi connectivity index (χ3n) is 5.35. The van der Waals surface area contributed by atoms with E-state index >= 15 is 0 Å². The van der Waals surface area contributed by atoms with Crippen LogP contribution in [0.3, 0.4) is 0 Å². The topological polar surface area (TPSA) is 112 Å². The average molecular weight is 487 g/mol. The van der Waals surface area contributed by atoms with Gasteiger partial charge in [-0.1, -0.05) is 51.6 Å². The molecule has 8 heteroatoms. The van der Waals surface area contributed by atoms with Crippen LogP contribution in [0.5, 0.6) is 11.5 Å². The molecule has 0 radical (unpaired) electrons. The van der Waals surface area contributed by atoms with E-state index in [0.717, 1.165) is 17.2 Å². The van der Waals surface area contributed by atoms with Crippen LogP contribution in [-0.4, -0.2) is 60.8 Å². The number of hydrogen-bond donors (Lipinski definition) is 2. The molecule has 0 spiro atoms. The molecule has 8 nitrogen and oxygen atoms in total. The lowest BCUT2D eigenvalue weighted by Crippen LogP contribution is -2.25. The Labute approximate surface area is 206 Å². The van der Waals surface area contributed by atoms with Gasteiger partial charge in [0, 0.05) is 17.9 Å². The van der Waals surface area contributed by atoms with E-state index in [2.05, 4.69) is 20.4 Å². The predicted octanol–water partition coefficient (Wildman–Crippen LogP) is 3.17. The van der Waals surface area contributed by atoms with Gasteiger partial charge in [-0.2, -0.15) is 0 Å². The zero-order valence-corrected chi connectivity index (χ0v) is 20.4. The highest BCUT2D eigenvalue weighted by molar-refractivity contribution is 5.81. The Morgan fingerprint density at radius 3 is 1.66 bits per heavy atom. The average Bonchev–Trinajstić information content (AvgIpc) is 2.88. The maximum absolute atomic E-state index is 11.2. The first-order valence-electron chi connectivity index (χ1n) is 11.4. The second-order valence-electron chi connectivity index (χ2n) is 8.47. The van der Waals surface area contributed by atoms with Crippen molar-refractivity contribution in [3.63, 3.8) is 0 Å². The third kappa shape index (κ3) is 9.07. The molecule has 0 bridgehead atoms. The number of aliphatic hydroxyl groups is 2. The number of carbonyl (C=O) groups is 2. The Morgan fingerprint density at radius 1 is 0.829 bits per heavy atom. The number of benzene rings is 2. The van der Waals surface area contributed by atoms with Crippen LogP contribution in [0.1, 0.15) is 38.3 Å². The van der Waals surface area contributed by atoms with E-state index < -0.39 is 18.2 Å². The molecule has 0 saturated heterocycles. The summed E-state index contributed by atoms with van der Waals surface area (Å²) in [7, 11) is 0. The SMILES string of the molecule is C=CC(=O)OCC(O)COc1ccc(C(C)(C)c2ccc(OCC(O)COC(=O)CC)cc2)cc1. The highest BCUT2D eigenvalue weighted by Gasteiger charge is 2.23. The second kappa shape index (κ2) is 13.5. The molecular formula is C27H34O8. The monoisotopic (exact) mass is 486 g/mol. The van der Waals surface area contributed by atoms with Gasteiger partial charge in [-0.15, -0.1) is 0 Å². The van der Waals surface area contributed by atoms with Crippen molar-refractivity contribution in [2.24, 2.45) is 0 Å². The first kappa shape index (κ1) is 27.9. The molecule has 0 aliphatic carbocycles. The molecule has 0 aliphatic heterocycles. The lowest BCUT2D eigenvalue weighted by atomic mass is 9.78. The van der Waals surface area contributed by atoms with Gasteiger partial charge in [-0.3, -0.25) is 4.79 Å². The lowest BCUT2D eigenvalue weighted by molar-refractivity contribution is -0.146. The zero-order chi connectivity index (χ0) is 25.8. The van der Waals surface area contributed by atoms with E-state index in [9.17, 15) is 19.8 Å². The van der Waals surface area contributed by atoms with Gasteiger partial charge in [0.15, 0.2) is 0 Å². The fourth-order valence-corrected chi connectivity index (χ4v) is 3.11. The summed E-state index contributed by atoms with van der Waals surface area (Å²) >= 11 is 0. The summed E-state index contributed by atoms with van der Waals surface area (Å²) in [6.07, 6.45) is -0.541. The van der Waals surface area contributed by atoms with Gasteiger partial charge in [0.2, 0.25) is 0 Å². The minimum atomic E-state index is -0.941. The molecule has 0 fully saturated rings. The smallest absolute Gasteiger partial charge is 0.330 e. The van der Waals surface area contributed by atoms with E-state index in [4.69, 9.17) is 18.9 Å². The summed E-state index contributed by atoms with van der Waals surface area (Å²) in [6, 6.07) is 15.2. The number of hydrogen-bond acceptors (Lipinski definition) is 8. The highest BCUT2D eigenvalue weighted by atomic mass is 16.6. The van der Waals surface area contributed by atoms with E-state index in [1.807, 2.05) is 48.5 Å². The Morgan fingerprint density at radius 2 is 1.26 bits per heavy atom. The summed E-state index contributed by atoms with van der Waals surface area (Å²) < 4.78 is 20.9. The standard InChI is InChI=1S/C27H34O8/c1-5-25(30)34-17-21(28)15-32-23-11-7-19(8-12-23)27(3,4)20-9-13-24(14-10-20)33-16-22(29)18-35-26(31)6-2/h5,7-14,21-22,28-29H,1,6,15-18H2,2-4H3. The minimum Gasteiger partial charge on any atom is -0.491 e. The molecule has 190 valence electrons. The minimum absolute atomic E-state index is 0.00957. The molecule has 35 heavy (non-hydrogen) atoms. The quantitative estimate of drug-likeness (QED) is 0.309. The first-order valence-corrected chi connectivity index (χ1v) is 11.4. The van der Waals surface area contributed by atoms with E-state index in [1.165, 1.54) is 0 Å². The summed E-state index contributed by atoms with van der Waals surface area (Å²) in [6.45, 7) is 8.93. The Bertz CT molecular complexity index is 950. The first-order chi connectivity index (χ1) is 16.6. The van der Waals surface area contributed by atoms with Gasteiger partial charge in [0.25, 0.3) is 0 Å². The molecule has 0 saturated carbocycles. The van der Waals surface area contributed by atoms with Crippen molar-refractivity contribution in [3.05, 3.63) is 72.3 Å². The van der Waals surface area contributed by atoms with Crippen molar-refractivity contribution in [3.8, 4) is 11.5 Å². The maximum atomic E-state index is 11.2. The molecule has 0 heterocycles. The van der Waals surface area contributed by atoms with Gasteiger partial charge >= 0.3 is 11.9 Å². The van der Waals surface area contributed by atoms with Crippen molar-refractivity contribution in [2.75, 3.05) is 26.4 Å². The Kier molecular flexibility index (Phi) is 10.8. The summed E-state index contributed by atoms with van der Waals surface area (Å²) in [5.41, 5.74) is 1.83. The van der Waals surface area contributed by atoms with Gasteiger partial charge in [0.05, 0.1) is 0 Å². The van der Waals surface area contributed by atoms with Crippen LogP contribution >= 0.6 is 0 Å². The van der Waals surface area contributed by atoms with Crippen molar-refractivity contribution >= 4 is 11.9 Å². The van der Waals surface area contributed by atoms with Crippen LogP contribution in [0.25, 0.3) is 0 Å². The molecule has 2 unspecified atom stereocenters. The molecule has 2 aromatic carbocycles. The van der Waals surface area contributed by atoms with Crippen LogP contribution in [0, 0.1) is 0 Å². The van der Waals surface area contributed by atoms with Crippen molar-refractivity contribution in [1.29, 1.82) is 0 Å². The number of carbonyl (C=O) groups excluding carboxylic acids is 2. The number of aliphatic hydroxyl groups excluding tert-OH is 2. The van der Waals surface area contributed by atoms with Crippen LogP contribution < -0.4 is 9.47 Å². The number of esters is 2. The fraction of sp³-hybridized carbons (Fsp3) is 0.407. The normalized spacial score (nSPS) is 12.8. The summed E-state index contributed by atoms with van der Waals surface area (Å²) in [5.74, 6) is 0.235. The van der Waals surface area contributed by atoms with Crippen molar-refractivity contribution in [1.82, 2.24) is 0 Å². The molecule has 2 aromatic rings. The molecule has 2 N–H and O–H groups in total. The van der Waals surface area contributed by atoms with Crippen LogP contribution in [0.4, 0.5) is 0 Å². The lowest BCUT2D eigenvalue weighted by Gasteiger charge is -2.26. The number of ether oxygens (including phenoxy) is 4. The summed E-state index contributed by atoms with van der Waals surface area (Å²) in [4.78, 5) is 22.2. The summed E-state index contributed by atoms with van der Waals surface area (Å²) in [5, 5.41) is 19.7. The third-order valence-corrected chi connectivity index (χ3v) is 5.35. The van der Waals surface area contributed by atoms with E-state index in [1.54, 1.807) is 6.92 Å². The number of rotatable bonds is 14. The fourth-order valence-electron chi connectivity index (χ4n) is 3.11. The molecule has 0 aromatic heterocycles. The Hall–Kier alpha value is -3.36. The molecule has 2 rings (SSSR count). The van der Waals surface area contributed by atoms with Crippen molar-refractivity contribution < 1.29 is 38.7 Å². The molecular weight excluding hydrogens is 452 g/mol. The Balaban J connectivity index is 1.89. The molecule has 0 amide bonds. The van der Waals surface area contributed by atoms with Gasteiger partial charge in [-0.05, 0) is 35.4 Å². The largest absolute Gasteiger partial charge is 0.491 e. The highest BCUT2D eigenvalue weighted by Crippen LogP contribution is 2.33. The van der Waals surface area contributed by atoms with Gasteiger partial charge in [-0.25, -0.2) is 4.79 Å². The van der Waals surface area contributed by atoms with Crippen LogP contribution in [-0.2, 0) is 24.5 Å². The maximum Gasteiger partial charge on any atom is 0.330 e. The molecule has 0 aliphatic rings. The zero-order valence-electron chi connectivity index (χ0n) is 20.4. The van der Waals surface area contributed by atoms with Crippen LogP contribution in [0.2, 0.25) is 0 Å². The molecule has 2 atom stereocenters. The van der Waals surface area contributed by atoms with Crippen LogP contribution in [0.15, 0.2) is 61.2 Å². The van der Waals surface area contributed by atoms with Gasteiger partial charge in [0.1, 0.15) is 50.1 Å². The van der Waals surface area contributed by atoms with Gasteiger partial charge < -0.3 is 29.2 Å².